The quantitative estimate of drug-likeness (QED) is 0.880. The third kappa shape index (κ3) is 2.23. The van der Waals surface area contributed by atoms with E-state index in [0.29, 0.717) is 10.6 Å². The first-order chi connectivity index (χ1) is 9.08. The molecule has 0 aliphatic heterocycles. The second-order valence-electron chi connectivity index (χ2n) is 6.99. The molecule has 3 nitrogen and oxygen atoms in total. The van der Waals surface area contributed by atoms with Gasteiger partial charge in [-0.05, 0) is 30.7 Å². The summed E-state index contributed by atoms with van der Waals surface area (Å²) >= 11 is 5.99. The van der Waals surface area contributed by atoms with E-state index in [1.54, 1.807) is 12.1 Å². The van der Waals surface area contributed by atoms with Crippen molar-refractivity contribution in [3.8, 4) is 0 Å². The summed E-state index contributed by atoms with van der Waals surface area (Å²) in [4.78, 5) is 12.4. The first-order valence-corrected chi connectivity index (χ1v) is 7.29. The molecule has 1 aliphatic carbocycles. The SMILES string of the molecule is Cc1cc(C(=O)NC2C(C)(C)C(N)C2(C)C)ccc1Cl. The fourth-order valence-corrected chi connectivity index (χ4v) is 3.67. The van der Waals surface area contributed by atoms with Crippen LogP contribution in [0.3, 0.4) is 0 Å². The van der Waals surface area contributed by atoms with E-state index in [2.05, 4.69) is 33.0 Å². The van der Waals surface area contributed by atoms with E-state index in [1.807, 2.05) is 13.0 Å². The van der Waals surface area contributed by atoms with Gasteiger partial charge in [0.2, 0.25) is 0 Å². The van der Waals surface area contributed by atoms with Gasteiger partial charge in [0.15, 0.2) is 0 Å². The number of nitrogens with two attached hydrogens (primary N) is 1. The summed E-state index contributed by atoms with van der Waals surface area (Å²) in [5, 5.41) is 3.80. The van der Waals surface area contributed by atoms with Gasteiger partial charge in [-0.25, -0.2) is 0 Å². The van der Waals surface area contributed by atoms with E-state index in [1.165, 1.54) is 0 Å². The lowest BCUT2D eigenvalue weighted by atomic mass is 9.48. The number of amides is 1. The minimum absolute atomic E-state index is 0.0634. The van der Waals surface area contributed by atoms with Crippen LogP contribution in [0.5, 0.6) is 0 Å². The minimum Gasteiger partial charge on any atom is -0.348 e. The van der Waals surface area contributed by atoms with E-state index in [9.17, 15) is 4.79 Å². The second kappa shape index (κ2) is 4.74. The van der Waals surface area contributed by atoms with Gasteiger partial charge in [0.1, 0.15) is 0 Å². The lowest BCUT2D eigenvalue weighted by molar-refractivity contribution is -0.0663. The molecule has 0 unspecified atom stereocenters. The number of hydrogen-bond acceptors (Lipinski definition) is 2. The van der Waals surface area contributed by atoms with Gasteiger partial charge < -0.3 is 11.1 Å². The number of hydrogen-bond donors (Lipinski definition) is 2. The Morgan fingerprint density at radius 1 is 1.25 bits per heavy atom. The highest BCUT2D eigenvalue weighted by Gasteiger charge is 2.60. The fourth-order valence-electron chi connectivity index (χ4n) is 3.55. The largest absolute Gasteiger partial charge is 0.348 e. The molecule has 1 aromatic carbocycles. The van der Waals surface area contributed by atoms with Crippen molar-refractivity contribution in [3.63, 3.8) is 0 Å². The van der Waals surface area contributed by atoms with Gasteiger partial charge in [0, 0.05) is 33.5 Å². The molecule has 3 N–H and O–H groups in total. The molecule has 0 aromatic heterocycles. The number of rotatable bonds is 2. The molecule has 1 aromatic rings. The van der Waals surface area contributed by atoms with Crippen molar-refractivity contribution < 1.29 is 4.79 Å². The Hall–Kier alpha value is -1.06. The maximum atomic E-state index is 12.4. The van der Waals surface area contributed by atoms with E-state index < -0.39 is 0 Å². The zero-order chi connectivity index (χ0) is 15.3. The standard InChI is InChI=1S/C16H23ClN2O/c1-9-8-10(6-7-11(9)17)12(20)19-14-15(2,3)13(18)16(14,4)5/h6-8,13-14H,18H2,1-5H3,(H,19,20). The van der Waals surface area contributed by atoms with Crippen LogP contribution < -0.4 is 11.1 Å². The first kappa shape index (κ1) is 15.3. The van der Waals surface area contributed by atoms with Gasteiger partial charge >= 0.3 is 0 Å². The average Bonchev–Trinajstić information content (AvgIpc) is 2.37. The molecular formula is C16H23ClN2O. The number of carbonyl (C=O) groups is 1. The Labute approximate surface area is 125 Å². The molecule has 1 amide bonds. The molecular weight excluding hydrogens is 272 g/mol. The highest BCUT2D eigenvalue weighted by molar-refractivity contribution is 6.31. The Kier molecular flexibility index (Phi) is 3.64. The molecule has 2 rings (SSSR count). The summed E-state index contributed by atoms with van der Waals surface area (Å²) in [6.45, 7) is 10.3. The summed E-state index contributed by atoms with van der Waals surface area (Å²) in [5.41, 5.74) is 7.56. The van der Waals surface area contributed by atoms with Crippen molar-refractivity contribution in [3.05, 3.63) is 34.3 Å². The number of halogens is 1. The van der Waals surface area contributed by atoms with Gasteiger partial charge in [-0.15, -0.1) is 0 Å². The van der Waals surface area contributed by atoms with Gasteiger partial charge in [-0.1, -0.05) is 39.3 Å². The Bertz CT molecular complexity index is 535. The van der Waals surface area contributed by atoms with E-state index in [0.717, 1.165) is 5.56 Å². The summed E-state index contributed by atoms with van der Waals surface area (Å²) in [6, 6.07) is 5.47. The molecule has 0 bridgehead atoms. The van der Waals surface area contributed by atoms with Crippen LogP contribution in [0.25, 0.3) is 0 Å². The van der Waals surface area contributed by atoms with Crippen LogP contribution in [0.2, 0.25) is 5.02 Å². The van der Waals surface area contributed by atoms with Crippen molar-refractivity contribution in [1.82, 2.24) is 5.32 Å². The summed E-state index contributed by atoms with van der Waals surface area (Å²) in [6.07, 6.45) is 0. The lowest BCUT2D eigenvalue weighted by Crippen LogP contribution is -2.76. The molecule has 110 valence electrons. The number of nitrogens with one attached hydrogen (secondary N) is 1. The van der Waals surface area contributed by atoms with Crippen LogP contribution in [0.15, 0.2) is 18.2 Å². The Balaban J connectivity index is 2.18. The smallest absolute Gasteiger partial charge is 0.251 e. The molecule has 1 saturated carbocycles. The maximum Gasteiger partial charge on any atom is 0.251 e. The van der Waals surface area contributed by atoms with Crippen LogP contribution >= 0.6 is 11.6 Å². The normalized spacial score (nSPS) is 26.8. The summed E-state index contributed by atoms with van der Waals surface area (Å²) in [5.74, 6) is -0.0668. The molecule has 4 heteroatoms. The molecule has 0 spiro atoms. The average molecular weight is 295 g/mol. The lowest BCUT2D eigenvalue weighted by Gasteiger charge is -2.62. The predicted octanol–water partition coefficient (Wildman–Crippen LogP) is 3.14. The molecule has 0 heterocycles. The van der Waals surface area contributed by atoms with Gasteiger partial charge in [0.25, 0.3) is 5.91 Å². The fraction of sp³-hybridized carbons (Fsp3) is 0.562. The monoisotopic (exact) mass is 294 g/mol. The van der Waals surface area contributed by atoms with Gasteiger partial charge in [-0.3, -0.25) is 4.79 Å². The van der Waals surface area contributed by atoms with Crippen LogP contribution in [0, 0.1) is 17.8 Å². The molecule has 0 saturated heterocycles. The maximum absolute atomic E-state index is 12.4. The topological polar surface area (TPSA) is 55.1 Å². The van der Waals surface area contributed by atoms with Crippen molar-refractivity contribution in [1.29, 1.82) is 0 Å². The van der Waals surface area contributed by atoms with Crippen LogP contribution in [-0.2, 0) is 0 Å². The number of carbonyl (C=O) groups excluding carboxylic acids is 1. The third-order valence-corrected chi connectivity index (χ3v) is 5.21. The van der Waals surface area contributed by atoms with Crippen molar-refractivity contribution in [2.24, 2.45) is 16.6 Å². The predicted molar refractivity (Wildman–Crippen MR) is 83.0 cm³/mol. The van der Waals surface area contributed by atoms with Gasteiger partial charge in [0.05, 0.1) is 0 Å². The van der Waals surface area contributed by atoms with Crippen LogP contribution in [-0.4, -0.2) is 18.0 Å². The van der Waals surface area contributed by atoms with Crippen molar-refractivity contribution in [2.75, 3.05) is 0 Å². The molecule has 20 heavy (non-hydrogen) atoms. The van der Waals surface area contributed by atoms with Crippen LogP contribution in [0.4, 0.5) is 0 Å². The minimum atomic E-state index is -0.0966. The Morgan fingerprint density at radius 2 is 1.80 bits per heavy atom. The van der Waals surface area contributed by atoms with E-state index in [4.69, 9.17) is 17.3 Å². The zero-order valence-corrected chi connectivity index (χ0v) is 13.5. The van der Waals surface area contributed by atoms with E-state index >= 15 is 0 Å². The highest BCUT2D eigenvalue weighted by Crippen LogP contribution is 2.52. The molecule has 0 radical (unpaired) electrons. The summed E-state index contributed by atoms with van der Waals surface area (Å²) in [7, 11) is 0. The third-order valence-electron chi connectivity index (χ3n) is 4.79. The zero-order valence-electron chi connectivity index (χ0n) is 12.8. The molecule has 0 atom stereocenters. The van der Waals surface area contributed by atoms with Gasteiger partial charge in [-0.2, -0.15) is 0 Å². The van der Waals surface area contributed by atoms with Crippen molar-refractivity contribution in [2.45, 2.75) is 46.7 Å². The number of benzene rings is 1. The summed E-state index contributed by atoms with van der Waals surface area (Å²) < 4.78 is 0. The molecule has 1 fully saturated rings. The van der Waals surface area contributed by atoms with E-state index in [-0.39, 0.29) is 28.8 Å². The Morgan fingerprint density at radius 3 is 2.30 bits per heavy atom. The molecule has 1 aliphatic rings. The number of aryl methyl sites for hydroxylation is 1. The van der Waals surface area contributed by atoms with Crippen LogP contribution in [0.1, 0.15) is 43.6 Å². The highest BCUT2D eigenvalue weighted by atomic mass is 35.5. The first-order valence-electron chi connectivity index (χ1n) is 6.91. The second-order valence-corrected chi connectivity index (χ2v) is 7.40. The van der Waals surface area contributed by atoms with Crippen molar-refractivity contribution >= 4 is 17.5 Å².